The summed E-state index contributed by atoms with van der Waals surface area (Å²) in [5, 5.41) is 13.5. The molecule has 1 aliphatic rings. The van der Waals surface area contributed by atoms with Crippen LogP contribution in [0.25, 0.3) is 0 Å². The van der Waals surface area contributed by atoms with Crippen LogP contribution in [0, 0.1) is 0 Å². The predicted molar refractivity (Wildman–Crippen MR) is 101 cm³/mol. The molecule has 0 amide bonds. The number of rotatable bonds is 6. The Kier molecular flexibility index (Phi) is 4.73. The Morgan fingerprint density at radius 1 is 1.19 bits per heavy atom. The number of pyridine rings is 1. The van der Waals surface area contributed by atoms with Gasteiger partial charge in [-0.1, -0.05) is 6.07 Å². The fourth-order valence-corrected chi connectivity index (χ4v) is 3.82. The molecule has 1 fully saturated rings. The lowest BCUT2D eigenvalue weighted by atomic mass is 10.0. The summed E-state index contributed by atoms with van der Waals surface area (Å²) in [4.78, 5) is 6.55. The standard InChI is InChI=1S/C19H20N4O2S/c24-11-10-23-18(17(21-19(23)26)15-6-1-2-8-20-15)16-7-3-9-22(16)13-14-5-4-12-25-14/h1-9,12,17-18,24H,10-11,13H2,(H,21,26). The van der Waals surface area contributed by atoms with Crippen molar-refractivity contribution >= 4 is 17.3 Å². The quantitative estimate of drug-likeness (QED) is 0.652. The molecule has 6 nitrogen and oxygen atoms in total. The van der Waals surface area contributed by atoms with Crippen molar-refractivity contribution in [2.75, 3.05) is 13.2 Å². The maximum absolute atomic E-state index is 9.53. The largest absolute Gasteiger partial charge is 0.467 e. The minimum absolute atomic E-state index is 0.0339. The first kappa shape index (κ1) is 16.8. The van der Waals surface area contributed by atoms with Gasteiger partial charge in [-0.2, -0.15) is 0 Å². The molecule has 26 heavy (non-hydrogen) atoms. The summed E-state index contributed by atoms with van der Waals surface area (Å²) < 4.78 is 7.66. The SMILES string of the molecule is OCCN1C(=S)NC(c2ccccn2)C1c1cccn1Cc1ccco1. The Labute approximate surface area is 157 Å². The van der Waals surface area contributed by atoms with E-state index in [0.29, 0.717) is 18.2 Å². The maximum atomic E-state index is 9.53. The van der Waals surface area contributed by atoms with Gasteiger partial charge in [-0.3, -0.25) is 4.98 Å². The fourth-order valence-electron chi connectivity index (χ4n) is 3.49. The molecule has 4 heterocycles. The molecule has 0 aliphatic carbocycles. The first-order valence-corrected chi connectivity index (χ1v) is 8.95. The lowest BCUT2D eigenvalue weighted by molar-refractivity contribution is 0.218. The molecule has 0 bridgehead atoms. The van der Waals surface area contributed by atoms with Gasteiger partial charge >= 0.3 is 0 Å². The molecule has 0 saturated carbocycles. The fraction of sp³-hybridized carbons (Fsp3) is 0.263. The van der Waals surface area contributed by atoms with Gasteiger partial charge in [-0.05, 0) is 48.6 Å². The van der Waals surface area contributed by atoms with Crippen molar-refractivity contribution in [1.29, 1.82) is 0 Å². The molecule has 2 unspecified atom stereocenters. The molecule has 134 valence electrons. The van der Waals surface area contributed by atoms with Crippen LogP contribution < -0.4 is 5.32 Å². The smallest absolute Gasteiger partial charge is 0.170 e. The lowest BCUT2D eigenvalue weighted by Gasteiger charge is -2.28. The highest BCUT2D eigenvalue weighted by molar-refractivity contribution is 7.80. The number of thiocarbonyl (C=S) groups is 1. The van der Waals surface area contributed by atoms with Crippen LogP contribution in [0.1, 0.15) is 29.2 Å². The normalized spacial score (nSPS) is 19.7. The van der Waals surface area contributed by atoms with Crippen molar-refractivity contribution in [2.45, 2.75) is 18.6 Å². The third-order valence-electron chi connectivity index (χ3n) is 4.61. The van der Waals surface area contributed by atoms with Crippen molar-refractivity contribution in [3.63, 3.8) is 0 Å². The van der Waals surface area contributed by atoms with Gasteiger partial charge in [-0.15, -0.1) is 0 Å². The van der Waals surface area contributed by atoms with Crippen molar-refractivity contribution in [3.05, 3.63) is 78.3 Å². The van der Waals surface area contributed by atoms with Crippen LogP contribution in [0.15, 0.2) is 65.5 Å². The molecule has 0 radical (unpaired) electrons. The zero-order valence-corrected chi connectivity index (χ0v) is 15.0. The number of furan rings is 1. The van der Waals surface area contributed by atoms with E-state index < -0.39 is 0 Å². The zero-order valence-electron chi connectivity index (χ0n) is 14.2. The van der Waals surface area contributed by atoms with Gasteiger partial charge in [0.15, 0.2) is 5.11 Å². The Hall–Kier alpha value is -2.64. The van der Waals surface area contributed by atoms with Gasteiger partial charge in [0.05, 0.1) is 37.2 Å². The number of aromatic nitrogens is 2. The summed E-state index contributed by atoms with van der Waals surface area (Å²) in [7, 11) is 0. The second-order valence-electron chi connectivity index (χ2n) is 6.18. The van der Waals surface area contributed by atoms with Crippen molar-refractivity contribution in [1.82, 2.24) is 19.8 Å². The van der Waals surface area contributed by atoms with E-state index in [-0.39, 0.29) is 18.7 Å². The van der Waals surface area contributed by atoms with E-state index in [1.807, 2.05) is 47.5 Å². The highest BCUT2D eigenvalue weighted by Gasteiger charge is 2.40. The van der Waals surface area contributed by atoms with Gasteiger partial charge in [0.25, 0.3) is 0 Å². The van der Waals surface area contributed by atoms with Gasteiger partial charge < -0.3 is 24.3 Å². The topological polar surface area (TPSA) is 66.5 Å². The minimum Gasteiger partial charge on any atom is -0.467 e. The van der Waals surface area contributed by atoms with Gasteiger partial charge in [-0.25, -0.2) is 0 Å². The number of hydrogen-bond donors (Lipinski definition) is 2. The third kappa shape index (κ3) is 3.11. The molecule has 3 aromatic rings. The summed E-state index contributed by atoms with van der Waals surface area (Å²) in [6, 6.07) is 13.7. The molecule has 3 aromatic heterocycles. The number of nitrogens with zero attached hydrogens (tertiary/aromatic N) is 3. The van der Waals surface area contributed by atoms with E-state index in [1.54, 1.807) is 12.5 Å². The van der Waals surface area contributed by atoms with Crippen LogP contribution in [-0.4, -0.2) is 37.8 Å². The average Bonchev–Trinajstić information content (AvgIpc) is 3.39. The third-order valence-corrected chi connectivity index (χ3v) is 4.96. The Balaban J connectivity index is 1.73. The second kappa shape index (κ2) is 7.31. The molecule has 7 heteroatoms. The van der Waals surface area contributed by atoms with Crippen LogP contribution in [0.3, 0.4) is 0 Å². The van der Waals surface area contributed by atoms with Crippen LogP contribution in [0.5, 0.6) is 0 Å². The highest BCUT2D eigenvalue weighted by atomic mass is 32.1. The number of hydrogen-bond acceptors (Lipinski definition) is 4. The van der Waals surface area contributed by atoms with Crippen molar-refractivity contribution in [3.8, 4) is 0 Å². The first-order chi connectivity index (χ1) is 12.8. The summed E-state index contributed by atoms with van der Waals surface area (Å²) in [5.41, 5.74) is 2.02. The average molecular weight is 368 g/mol. The number of aliphatic hydroxyl groups excluding tert-OH is 1. The van der Waals surface area contributed by atoms with E-state index in [1.165, 1.54) is 0 Å². The first-order valence-electron chi connectivity index (χ1n) is 8.54. The molecule has 4 rings (SSSR count). The Bertz CT molecular complexity index is 863. The molecule has 1 saturated heterocycles. The van der Waals surface area contributed by atoms with E-state index in [2.05, 4.69) is 20.9 Å². The molecular formula is C19H20N4O2S. The van der Waals surface area contributed by atoms with Crippen LogP contribution in [0.4, 0.5) is 0 Å². The minimum atomic E-state index is -0.0829. The summed E-state index contributed by atoms with van der Waals surface area (Å²) in [6.45, 7) is 1.14. The molecule has 1 aliphatic heterocycles. The van der Waals surface area contributed by atoms with E-state index in [0.717, 1.165) is 17.1 Å². The predicted octanol–water partition coefficient (Wildman–Crippen LogP) is 2.49. The van der Waals surface area contributed by atoms with Crippen LogP contribution >= 0.6 is 12.2 Å². The number of aliphatic hydroxyl groups is 1. The van der Waals surface area contributed by atoms with E-state index >= 15 is 0 Å². The molecule has 2 atom stereocenters. The molecular weight excluding hydrogens is 348 g/mol. The van der Waals surface area contributed by atoms with Crippen LogP contribution in [-0.2, 0) is 6.54 Å². The van der Waals surface area contributed by atoms with Gasteiger partial charge in [0, 0.05) is 24.6 Å². The van der Waals surface area contributed by atoms with E-state index in [4.69, 9.17) is 16.6 Å². The van der Waals surface area contributed by atoms with E-state index in [9.17, 15) is 5.11 Å². The lowest BCUT2D eigenvalue weighted by Crippen LogP contribution is -2.33. The summed E-state index contributed by atoms with van der Waals surface area (Å²) in [5.74, 6) is 0.888. The van der Waals surface area contributed by atoms with Crippen molar-refractivity contribution < 1.29 is 9.52 Å². The Morgan fingerprint density at radius 3 is 2.85 bits per heavy atom. The van der Waals surface area contributed by atoms with Crippen molar-refractivity contribution in [2.24, 2.45) is 0 Å². The van der Waals surface area contributed by atoms with Crippen LogP contribution in [0.2, 0.25) is 0 Å². The highest BCUT2D eigenvalue weighted by Crippen LogP contribution is 2.38. The number of nitrogens with one attached hydrogen (secondary N) is 1. The van der Waals surface area contributed by atoms with Gasteiger partial charge in [0.2, 0.25) is 0 Å². The molecule has 0 spiro atoms. The maximum Gasteiger partial charge on any atom is 0.170 e. The second-order valence-corrected chi connectivity index (χ2v) is 6.57. The zero-order chi connectivity index (χ0) is 17.9. The molecule has 0 aromatic carbocycles. The molecule has 2 N–H and O–H groups in total. The Morgan fingerprint density at radius 2 is 2.12 bits per heavy atom. The summed E-state index contributed by atoms with van der Waals surface area (Å²) >= 11 is 5.54. The summed E-state index contributed by atoms with van der Waals surface area (Å²) in [6.07, 6.45) is 5.50. The number of β-amino-alcohol motifs (C(OH)–C–C–N with tert-alkyl or cyclic N) is 1. The monoisotopic (exact) mass is 368 g/mol. The van der Waals surface area contributed by atoms with Gasteiger partial charge in [0.1, 0.15) is 5.76 Å².